The molecule has 0 radical (unpaired) electrons. The van der Waals surface area contributed by atoms with Gasteiger partial charge in [0.05, 0.1) is 11.4 Å². The van der Waals surface area contributed by atoms with Crippen molar-refractivity contribution < 1.29 is 13.2 Å². The monoisotopic (exact) mass is 303 g/mol. The minimum absolute atomic E-state index is 0.256. The van der Waals surface area contributed by atoms with Crippen molar-refractivity contribution >= 4 is 10.8 Å². The maximum atomic E-state index is 12.6. The van der Waals surface area contributed by atoms with Gasteiger partial charge in [0.2, 0.25) is 0 Å². The number of benzene rings is 1. The first-order valence-corrected chi connectivity index (χ1v) is 6.61. The highest BCUT2D eigenvalue weighted by molar-refractivity contribution is 5.94. The lowest BCUT2D eigenvalue weighted by atomic mass is 10.0. The number of pyridine rings is 2. The minimum Gasteiger partial charge on any atom is -0.325 e. The van der Waals surface area contributed by atoms with E-state index in [1.165, 1.54) is 12.3 Å². The second-order valence-corrected chi connectivity index (χ2v) is 4.82. The van der Waals surface area contributed by atoms with E-state index >= 15 is 0 Å². The van der Waals surface area contributed by atoms with E-state index < -0.39 is 11.9 Å². The standard InChI is InChI=1S/C16H12F3N3/c17-16(18,19)14-6-5-11(9-21-14)15-13-4-2-1-3-10(13)7-12(8-20)22-15/h1-7,9H,8,20H2. The highest BCUT2D eigenvalue weighted by atomic mass is 19.4. The van der Waals surface area contributed by atoms with Crippen molar-refractivity contribution in [1.82, 2.24) is 9.97 Å². The van der Waals surface area contributed by atoms with Crippen LogP contribution in [0.25, 0.3) is 22.0 Å². The normalized spacial score (nSPS) is 11.8. The van der Waals surface area contributed by atoms with Crippen LogP contribution in [0.3, 0.4) is 0 Å². The molecule has 2 N–H and O–H groups in total. The summed E-state index contributed by atoms with van der Waals surface area (Å²) in [5.41, 5.74) is 6.51. The van der Waals surface area contributed by atoms with Gasteiger partial charge < -0.3 is 5.73 Å². The summed E-state index contributed by atoms with van der Waals surface area (Å²) in [6, 6.07) is 11.7. The van der Waals surface area contributed by atoms with Crippen molar-refractivity contribution in [3.63, 3.8) is 0 Å². The molecule has 2 heterocycles. The molecule has 6 heteroatoms. The predicted octanol–water partition coefficient (Wildman–Crippen LogP) is 3.77. The molecule has 0 saturated heterocycles. The summed E-state index contributed by atoms with van der Waals surface area (Å²) in [7, 11) is 0. The fourth-order valence-corrected chi connectivity index (χ4v) is 2.28. The summed E-state index contributed by atoms with van der Waals surface area (Å²) in [5.74, 6) is 0. The van der Waals surface area contributed by atoms with Crippen molar-refractivity contribution in [3.05, 3.63) is 60.0 Å². The second kappa shape index (κ2) is 5.38. The average Bonchev–Trinajstić information content (AvgIpc) is 2.53. The van der Waals surface area contributed by atoms with Gasteiger partial charge >= 0.3 is 6.18 Å². The summed E-state index contributed by atoms with van der Waals surface area (Å²) in [5, 5.41) is 1.79. The Balaban J connectivity index is 2.17. The third-order valence-corrected chi connectivity index (χ3v) is 3.33. The predicted molar refractivity (Wildman–Crippen MR) is 77.9 cm³/mol. The molecule has 0 atom stereocenters. The van der Waals surface area contributed by atoms with Gasteiger partial charge in [0.1, 0.15) is 5.69 Å². The van der Waals surface area contributed by atoms with Crippen molar-refractivity contribution in [2.45, 2.75) is 12.7 Å². The van der Waals surface area contributed by atoms with E-state index in [-0.39, 0.29) is 6.54 Å². The van der Waals surface area contributed by atoms with Gasteiger partial charge in [0, 0.05) is 23.7 Å². The number of nitrogens with zero attached hydrogens (tertiary/aromatic N) is 2. The van der Waals surface area contributed by atoms with E-state index in [1.807, 2.05) is 30.3 Å². The number of rotatable bonds is 2. The fourth-order valence-electron chi connectivity index (χ4n) is 2.28. The molecule has 0 aliphatic carbocycles. The third kappa shape index (κ3) is 2.65. The Labute approximate surface area is 124 Å². The average molecular weight is 303 g/mol. The first kappa shape index (κ1) is 14.5. The van der Waals surface area contributed by atoms with Gasteiger partial charge in [-0.05, 0) is 23.6 Å². The van der Waals surface area contributed by atoms with Crippen LogP contribution in [0.15, 0.2) is 48.7 Å². The Morgan fingerprint density at radius 3 is 2.45 bits per heavy atom. The van der Waals surface area contributed by atoms with Crippen LogP contribution in [0.2, 0.25) is 0 Å². The molecule has 1 aromatic carbocycles. The van der Waals surface area contributed by atoms with Crippen LogP contribution in [0.4, 0.5) is 13.2 Å². The molecule has 0 spiro atoms. The topological polar surface area (TPSA) is 51.8 Å². The van der Waals surface area contributed by atoms with E-state index in [2.05, 4.69) is 9.97 Å². The number of halogens is 3. The van der Waals surface area contributed by atoms with Gasteiger partial charge in [-0.25, -0.2) is 0 Å². The molecule has 0 fully saturated rings. The molecule has 0 unspecified atom stereocenters. The quantitative estimate of drug-likeness (QED) is 0.784. The number of nitrogens with two attached hydrogens (primary N) is 1. The smallest absolute Gasteiger partial charge is 0.325 e. The zero-order valence-electron chi connectivity index (χ0n) is 11.4. The molecule has 0 bridgehead atoms. The van der Waals surface area contributed by atoms with E-state index in [9.17, 15) is 13.2 Å². The molecule has 0 amide bonds. The first-order valence-electron chi connectivity index (χ1n) is 6.61. The van der Waals surface area contributed by atoms with Crippen molar-refractivity contribution in [2.24, 2.45) is 5.73 Å². The number of fused-ring (bicyclic) bond motifs is 1. The lowest BCUT2D eigenvalue weighted by Gasteiger charge is -2.10. The van der Waals surface area contributed by atoms with Crippen LogP contribution in [0.5, 0.6) is 0 Å². The highest BCUT2D eigenvalue weighted by Crippen LogP contribution is 2.31. The largest absolute Gasteiger partial charge is 0.433 e. The van der Waals surface area contributed by atoms with Crippen molar-refractivity contribution in [1.29, 1.82) is 0 Å². The van der Waals surface area contributed by atoms with E-state index in [4.69, 9.17) is 5.73 Å². The first-order chi connectivity index (χ1) is 10.5. The van der Waals surface area contributed by atoms with E-state index in [0.29, 0.717) is 17.0 Å². The lowest BCUT2D eigenvalue weighted by Crippen LogP contribution is -2.07. The second-order valence-electron chi connectivity index (χ2n) is 4.82. The molecule has 3 aromatic rings. The molecular formula is C16H12F3N3. The number of alkyl halides is 3. The van der Waals surface area contributed by atoms with Crippen LogP contribution in [0, 0.1) is 0 Å². The summed E-state index contributed by atoms with van der Waals surface area (Å²) in [4.78, 5) is 7.93. The Bertz CT molecular complexity index is 811. The Hall–Kier alpha value is -2.47. The highest BCUT2D eigenvalue weighted by Gasteiger charge is 2.32. The summed E-state index contributed by atoms with van der Waals surface area (Å²) >= 11 is 0. The minimum atomic E-state index is -4.45. The molecule has 0 aliphatic heterocycles. The maximum absolute atomic E-state index is 12.6. The summed E-state index contributed by atoms with van der Waals surface area (Å²) in [6.07, 6.45) is -3.26. The van der Waals surface area contributed by atoms with Crippen LogP contribution >= 0.6 is 0 Å². The molecule has 22 heavy (non-hydrogen) atoms. The lowest BCUT2D eigenvalue weighted by molar-refractivity contribution is -0.141. The van der Waals surface area contributed by atoms with Gasteiger partial charge in [-0.15, -0.1) is 0 Å². The molecular weight excluding hydrogens is 291 g/mol. The molecule has 0 aliphatic rings. The van der Waals surface area contributed by atoms with Crippen LogP contribution in [-0.2, 0) is 12.7 Å². The van der Waals surface area contributed by atoms with Gasteiger partial charge in [-0.2, -0.15) is 13.2 Å². The molecule has 2 aromatic heterocycles. The Morgan fingerprint density at radius 2 is 1.82 bits per heavy atom. The maximum Gasteiger partial charge on any atom is 0.433 e. The summed E-state index contributed by atoms with van der Waals surface area (Å²) < 4.78 is 37.8. The zero-order chi connectivity index (χ0) is 15.7. The van der Waals surface area contributed by atoms with Gasteiger partial charge in [0.25, 0.3) is 0 Å². The SMILES string of the molecule is NCc1cc2ccccc2c(-c2ccc(C(F)(F)F)nc2)n1. The van der Waals surface area contributed by atoms with Crippen LogP contribution < -0.4 is 5.73 Å². The summed E-state index contributed by atoms with van der Waals surface area (Å²) in [6.45, 7) is 0.256. The number of hydrogen-bond donors (Lipinski definition) is 1. The Morgan fingerprint density at radius 1 is 1.05 bits per heavy atom. The third-order valence-electron chi connectivity index (χ3n) is 3.33. The van der Waals surface area contributed by atoms with Crippen molar-refractivity contribution in [3.8, 4) is 11.3 Å². The van der Waals surface area contributed by atoms with Crippen LogP contribution in [0.1, 0.15) is 11.4 Å². The molecule has 0 saturated carbocycles. The van der Waals surface area contributed by atoms with E-state index in [1.54, 1.807) is 0 Å². The zero-order valence-corrected chi connectivity index (χ0v) is 11.4. The van der Waals surface area contributed by atoms with Crippen molar-refractivity contribution in [2.75, 3.05) is 0 Å². The molecule has 3 rings (SSSR count). The number of aromatic nitrogens is 2. The molecule has 112 valence electrons. The van der Waals surface area contributed by atoms with Gasteiger partial charge in [-0.1, -0.05) is 24.3 Å². The van der Waals surface area contributed by atoms with Crippen LogP contribution in [-0.4, -0.2) is 9.97 Å². The van der Waals surface area contributed by atoms with E-state index in [0.717, 1.165) is 16.8 Å². The van der Waals surface area contributed by atoms with Gasteiger partial charge in [-0.3, -0.25) is 9.97 Å². The van der Waals surface area contributed by atoms with Gasteiger partial charge in [0.15, 0.2) is 0 Å². The fraction of sp³-hybridized carbons (Fsp3) is 0.125. The molecule has 3 nitrogen and oxygen atoms in total. The Kier molecular flexibility index (Phi) is 3.54. The number of hydrogen-bond acceptors (Lipinski definition) is 3.